The summed E-state index contributed by atoms with van der Waals surface area (Å²) in [5, 5.41) is 6.07. The fourth-order valence-corrected chi connectivity index (χ4v) is 7.45. The van der Waals surface area contributed by atoms with Gasteiger partial charge in [0.1, 0.15) is 5.65 Å². The van der Waals surface area contributed by atoms with Gasteiger partial charge in [0.25, 0.3) is 0 Å². The van der Waals surface area contributed by atoms with Crippen LogP contribution in [0.4, 0.5) is 0 Å². The van der Waals surface area contributed by atoms with Gasteiger partial charge in [0.15, 0.2) is 0 Å². The molecule has 7 aromatic carbocycles. The number of hydrogen-bond acceptors (Lipinski definition) is 1. The number of imidazole rings is 1. The van der Waals surface area contributed by atoms with Gasteiger partial charge in [-0.25, -0.2) is 4.98 Å². The monoisotopic (exact) mass is 585 g/mol. The van der Waals surface area contributed by atoms with E-state index in [1.54, 1.807) is 0 Å². The third-order valence-corrected chi connectivity index (χ3v) is 9.44. The molecule has 0 saturated heterocycles. The van der Waals surface area contributed by atoms with E-state index in [0.29, 0.717) is 0 Å². The molecule has 3 heterocycles. The van der Waals surface area contributed by atoms with E-state index in [1.807, 2.05) is 0 Å². The van der Waals surface area contributed by atoms with Crippen LogP contribution in [0.25, 0.3) is 88.1 Å². The van der Waals surface area contributed by atoms with Crippen molar-refractivity contribution in [3.8, 4) is 27.9 Å². The van der Waals surface area contributed by atoms with E-state index in [-0.39, 0.29) is 0 Å². The van der Waals surface area contributed by atoms with Crippen molar-refractivity contribution >= 4 is 60.2 Å². The molecule has 10 rings (SSSR count). The Morgan fingerprint density at radius 3 is 1.70 bits per heavy atom. The fraction of sp³-hybridized carbons (Fsp3) is 0. The molecule has 3 heteroatoms. The molecule has 0 bridgehead atoms. The van der Waals surface area contributed by atoms with E-state index in [4.69, 9.17) is 4.98 Å². The number of pyridine rings is 1. The first kappa shape index (κ1) is 25.2. The van der Waals surface area contributed by atoms with Crippen LogP contribution >= 0.6 is 0 Å². The first-order valence-electron chi connectivity index (χ1n) is 15.7. The van der Waals surface area contributed by atoms with Crippen molar-refractivity contribution in [3.05, 3.63) is 164 Å². The Hall–Kier alpha value is -6.19. The minimum atomic E-state index is 0.990. The molecular weight excluding hydrogens is 558 g/mol. The van der Waals surface area contributed by atoms with Gasteiger partial charge in [0.05, 0.1) is 27.6 Å². The van der Waals surface area contributed by atoms with Crippen LogP contribution in [0, 0.1) is 0 Å². The Kier molecular flexibility index (Phi) is 5.28. The fourth-order valence-electron chi connectivity index (χ4n) is 7.45. The van der Waals surface area contributed by atoms with E-state index >= 15 is 0 Å². The van der Waals surface area contributed by atoms with Crippen LogP contribution in [0.2, 0.25) is 0 Å². The zero-order valence-corrected chi connectivity index (χ0v) is 24.9. The molecule has 0 radical (unpaired) electrons. The van der Waals surface area contributed by atoms with Crippen LogP contribution in [-0.4, -0.2) is 14.0 Å². The summed E-state index contributed by atoms with van der Waals surface area (Å²) >= 11 is 0. The molecule has 0 fully saturated rings. The molecule has 0 aliphatic heterocycles. The highest BCUT2D eigenvalue weighted by Crippen LogP contribution is 2.42. The molecule has 0 aliphatic carbocycles. The van der Waals surface area contributed by atoms with E-state index in [2.05, 4.69) is 173 Å². The van der Waals surface area contributed by atoms with Gasteiger partial charge in [-0.3, -0.25) is 4.40 Å². The summed E-state index contributed by atoms with van der Waals surface area (Å²) in [7, 11) is 0. The zero-order valence-electron chi connectivity index (χ0n) is 24.9. The Balaban J connectivity index is 1.43. The minimum absolute atomic E-state index is 0.990. The van der Waals surface area contributed by atoms with Crippen LogP contribution in [0.15, 0.2) is 164 Å². The van der Waals surface area contributed by atoms with E-state index < -0.39 is 0 Å². The standard InChI is InChI=1S/C43H27N3/c1-3-13-28(14-4-1)30-25-31(29-15-5-2-6-16-29)27-32(26-30)45-38-21-11-9-17-33(38)35-23-24-40-41(42(35)45)34-18-7-8-19-36(34)43-44-37-20-10-12-22-39(37)46(40)43/h1-27H. The number of para-hydroxylation sites is 3. The summed E-state index contributed by atoms with van der Waals surface area (Å²) in [5.41, 5.74) is 12.6. The predicted octanol–water partition coefficient (Wildman–Crippen LogP) is 11.2. The summed E-state index contributed by atoms with van der Waals surface area (Å²) < 4.78 is 4.84. The molecule has 0 unspecified atom stereocenters. The second-order valence-corrected chi connectivity index (χ2v) is 12.0. The molecule has 10 aromatic rings. The van der Waals surface area contributed by atoms with Crippen molar-refractivity contribution in [2.24, 2.45) is 0 Å². The molecule has 3 aromatic heterocycles. The first-order chi connectivity index (χ1) is 22.8. The molecule has 0 N–H and O–H groups in total. The third-order valence-electron chi connectivity index (χ3n) is 9.44. The van der Waals surface area contributed by atoms with Gasteiger partial charge >= 0.3 is 0 Å². The Labute approximate surface area is 265 Å². The predicted molar refractivity (Wildman–Crippen MR) is 193 cm³/mol. The molecule has 46 heavy (non-hydrogen) atoms. The van der Waals surface area contributed by atoms with Crippen LogP contribution < -0.4 is 0 Å². The van der Waals surface area contributed by atoms with Gasteiger partial charge in [-0.15, -0.1) is 0 Å². The van der Waals surface area contributed by atoms with Crippen LogP contribution in [0.1, 0.15) is 0 Å². The summed E-state index contributed by atoms with van der Waals surface area (Å²) in [6.07, 6.45) is 0. The number of aromatic nitrogens is 3. The van der Waals surface area contributed by atoms with Gasteiger partial charge in [-0.05, 0) is 70.1 Å². The molecule has 3 nitrogen and oxygen atoms in total. The first-order valence-corrected chi connectivity index (χ1v) is 15.7. The molecule has 0 spiro atoms. The topological polar surface area (TPSA) is 22.2 Å². The molecule has 0 atom stereocenters. The smallest absolute Gasteiger partial charge is 0.146 e. The highest BCUT2D eigenvalue weighted by molar-refractivity contribution is 6.27. The second kappa shape index (κ2) is 9.65. The number of benzene rings is 7. The lowest BCUT2D eigenvalue weighted by Gasteiger charge is -2.16. The van der Waals surface area contributed by atoms with Crippen molar-refractivity contribution in [1.82, 2.24) is 14.0 Å². The molecule has 214 valence electrons. The summed E-state index contributed by atoms with van der Waals surface area (Å²) in [6, 6.07) is 59.0. The Bertz CT molecular complexity index is 2730. The number of rotatable bonds is 3. The van der Waals surface area contributed by atoms with Crippen molar-refractivity contribution in [2.75, 3.05) is 0 Å². The highest BCUT2D eigenvalue weighted by atomic mass is 15.0. The Morgan fingerprint density at radius 1 is 0.391 bits per heavy atom. The Morgan fingerprint density at radius 2 is 0.978 bits per heavy atom. The molecule has 0 amide bonds. The largest absolute Gasteiger partial charge is 0.308 e. The average Bonchev–Trinajstić information content (AvgIpc) is 3.69. The maximum atomic E-state index is 5.14. The van der Waals surface area contributed by atoms with E-state index in [1.165, 1.54) is 54.8 Å². The quantitative estimate of drug-likeness (QED) is 0.189. The molecule has 0 aliphatic rings. The van der Waals surface area contributed by atoms with E-state index in [9.17, 15) is 0 Å². The van der Waals surface area contributed by atoms with Crippen LogP contribution in [0.5, 0.6) is 0 Å². The summed E-state index contributed by atoms with van der Waals surface area (Å²) in [5.74, 6) is 0. The minimum Gasteiger partial charge on any atom is -0.308 e. The third kappa shape index (κ3) is 3.57. The number of hydrogen-bond donors (Lipinski definition) is 0. The lowest BCUT2D eigenvalue weighted by molar-refractivity contribution is 1.19. The van der Waals surface area contributed by atoms with Gasteiger partial charge in [-0.1, -0.05) is 121 Å². The van der Waals surface area contributed by atoms with Gasteiger partial charge in [-0.2, -0.15) is 0 Å². The zero-order chi connectivity index (χ0) is 30.2. The highest BCUT2D eigenvalue weighted by Gasteiger charge is 2.21. The lowest BCUT2D eigenvalue weighted by atomic mass is 9.97. The van der Waals surface area contributed by atoms with Crippen LogP contribution in [0.3, 0.4) is 0 Å². The van der Waals surface area contributed by atoms with Gasteiger partial charge < -0.3 is 4.57 Å². The van der Waals surface area contributed by atoms with Crippen molar-refractivity contribution < 1.29 is 0 Å². The number of nitrogens with zero attached hydrogens (tertiary/aromatic N) is 3. The normalized spacial score (nSPS) is 11.9. The van der Waals surface area contributed by atoms with Crippen molar-refractivity contribution in [2.45, 2.75) is 0 Å². The SMILES string of the molecule is c1ccc(-c2cc(-c3ccccc3)cc(-n3c4ccccc4c4ccc5c(c6ccccc6c6nc7ccccc7n56)c43)c2)cc1. The maximum absolute atomic E-state index is 5.14. The van der Waals surface area contributed by atoms with Crippen LogP contribution in [-0.2, 0) is 0 Å². The lowest BCUT2D eigenvalue weighted by Crippen LogP contribution is -1.98. The van der Waals surface area contributed by atoms with E-state index in [0.717, 1.165) is 33.3 Å². The molecule has 0 saturated carbocycles. The van der Waals surface area contributed by atoms with Crippen molar-refractivity contribution in [1.29, 1.82) is 0 Å². The van der Waals surface area contributed by atoms with Crippen molar-refractivity contribution in [3.63, 3.8) is 0 Å². The summed E-state index contributed by atoms with van der Waals surface area (Å²) in [6.45, 7) is 0. The van der Waals surface area contributed by atoms with Gasteiger partial charge in [0.2, 0.25) is 0 Å². The summed E-state index contributed by atoms with van der Waals surface area (Å²) in [4.78, 5) is 5.14. The van der Waals surface area contributed by atoms with Gasteiger partial charge in [0, 0.05) is 27.2 Å². The average molecular weight is 586 g/mol. The maximum Gasteiger partial charge on any atom is 0.146 e. The number of fused-ring (bicyclic) bond motifs is 12. The second-order valence-electron chi connectivity index (χ2n) is 12.0. The molecular formula is C43H27N3.